The largest absolute Gasteiger partial charge is 0.486 e. The van der Waals surface area contributed by atoms with Gasteiger partial charge in [0.05, 0.1) is 0 Å². The van der Waals surface area contributed by atoms with Gasteiger partial charge in [0.15, 0.2) is 17.8 Å². The fraction of sp³-hybridized carbons (Fsp3) is 0.133. The summed E-state index contributed by atoms with van der Waals surface area (Å²) in [4.78, 5) is 15.3. The number of aryl methyl sites for hydroxylation is 1. The average molecular weight is 267 g/mol. The average Bonchev–Trinajstić information content (AvgIpc) is 2.87. The molecule has 3 rings (SSSR count). The Kier molecular flexibility index (Phi) is 3.16. The molecule has 2 aromatic heterocycles. The fourth-order valence-electron chi connectivity index (χ4n) is 1.93. The van der Waals surface area contributed by atoms with Gasteiger partial charge in [0, 0.05) is 11.8 Å². The quantitative estimate of drug-likeness (QED) is 0.681. The van der Waals surface area contributed by atoms with Crippen LogP contribution in [-0.2, 0) is 6.61 Å². The van der Waals surface area contributed by atoms with Gasteiger partial charge in [-0.1, -0.05) is 18.2 Å². The number of fused-ring (bicyclic) bond motifs is 1. The van der Waals surface area contributed by atoms with Gasteiger partial charge in [-0.05, 0) is 30.7 Å². The van der Waals surface area contributed by atoms with E-state index in [-0.39, 0.29) is 0 Å². The summed E-state index contributed by atoms with van der Waals surface area (Å²) >= 11 is 0. The molecular weight excluding hydrogens is 254 g/mol. The molecule has 100 valence electrons. The molecule has 0 saturated carbocycles. The Balaban J connectivity index is 1.84. The van der Waals surface area contributed by atoms with E-state index >= 15 is 0 Å². The number of aromatic nitrogens is 3. The van der Waals surface area contributed by atoms with Crippen LogP contribution < -0.4 is 4.74 Å². The monoisotopic (exact) mass is 267 g/mol. The molecule has 0 atom stereocenters. The zero-order valence-corrected chi connectivity index (χ0v) is 11.0. The van der Waals surface area contributed by atoms with Crippen LogP contribution in [-0.4, -0.2) is 20.9 Å². The molecule has 0 fully saturated rings. The van der Waals surface area contributed by atoms with Crippen LogP contribution in [0.15, 0.2) is 42.6 Å². The highest BCUT2D eigenvalue weighted by Crippen LogP contribution is 2.12. The molecule has 0 radical (unpaired) electrons. The molecule has 0 N–H and O–H groups in total. The first-order chi connectivity index (χ1) is 9.76. The molecule has 5 heteroatoms. The second kappa shape index (κ2) is 5.13. The number of aldehydes is 1. The predicted octanol–water partition coefficient (Wildman–Crippen LogP) is 2.43. The minimum absolute atomic E-state index is 0.293. The summed E-state index contributed by atoms with van der Waals surface area (Å²) in [6, 6.07) is 11.3. The third-order valence-corrected chi connectivity index (χ3v) is 3.00. The lowest BCUT2D eigenvalue weighted by atomic mass is 10.2. The van der Waals surface area contributed by atoms with E-state index in [2.05, 4.69) is 10.1 Å². The van der Waals surface area contributed by atoms with Gasteiger partial charge < -0.3 is 4.74 Å². The molecular formula is C15H13N3O2. The topological polar surface area (TPSA) is 56.5 Å². The number of ether oxygens (including phenoxy) is 1. The van der Waals surface area contributed by atoms with Gasteiger partial charge >= 0.3 is 0 Å². The predicted molar refractivity (Wildman–Crippen MR) is 73.9 cm³/mol. The molecule has 0 saturated heterocycles. The molecule has 20 heavy (non-hydrogen) atoms. The number of hydrogen-bond donors (Lipinski definition) is 0. The maximum absolute atomic E-state index is 10.9. The molecule has 0 aliphatic rings. The van der Waals surface area contributed by atoms with E-state index in [1.54, 1.807) is 10.7 Å². The molecule has 0 amide bonds. The lowest BCUT2D eigenvalue weighted by Gasteiger charge is -2.01. The van der Waals surface area contributed by atoms with Crippen molar-refractivity contribution in [1.82, 2.24) is 14.6 Å². The Morgan fingerprint density at radius 2 is 2.10 bits per heavy atom. The molecule has 5 nitrogen and oxygen atoms in total. The van der Waals surface area contributed by atoms with Crippen molar-refractivity contribution in [3.8, 4) is 5.75 Å². The van der Waals surface area contributed by atoms with Crippen molar-refractivity contribution in [3.05, 3.63) is 59.5 Å². The maximum atomic E-state index is 10.9. The van der Waals surface area contributed by atoms with Crippen LogP contribution in [0, 0.1) is 6.92 Å². The Labute approximate surface area is 115 Å². The second-order valence-corrected chi connectivity index (χ2v) is 4.46. The lowest BCUT2D eigenvalue weighted by Crippen LogP contribution is -1.98. The summed E-state index contributed by atoms with van der Waals surface area (Å²) in [6.07, 6.45) is 2.49. The van der Waals surface area contributed by atoms with E-state index in [0.29, 0.717) is 23.6 Å². The normalized spacial score (nSPS) is 10.7. The van der Waals surface area contributed by atoms with Crippen molar-refractivity contribution >= 4 is 11.9 Å². The molecule has 1 aromatic carbocycles. The van der Waals surface area contributed by atoms with E-state index in [1.165, 1.54) is 0 Å². The number of nitrogens with zero attached hydrogens (tertiary/aromatic N) is 3. The Morgan fingerprint density at radius 1 is 1.30 bits per heavy atom. The van der Waals surface area contributed by atoms with Gasteiger partial charge in [-0.2, -0.15) is 0 Å². The summed E-state index contributed by atoms with van der Waals surface area (Å²) in [5, 5.41) is 4.30. The molecule has 2 heterocycles. The van der Waals surface area contributed by atoms with Gasteiger partial charge in [0.1, 0.15) is 12.4 Å². The smallest absolute Gasteiger partial charge is 0.189 e. The standard InChI is InChI=1S/C15H13N3O2/c1-11-7-15-16-14(17-18(15)8-12(11)9-19)10-20-13-5-3-2-4-6-13/h2-9H,10H2,1H3. The molecule has 0 bridgehead atoms. The third kappa shape index (κ3) is 2.38. The van der Waals surface area contributed by atoms with Crippen molar-refractivity contribution in [3.63, 3.8) is 0 Å². The SMILES string of the molecule is Cc1cc2nc(COc3ccccc3)nn2cc1C=O. The van der Waals surface area contributed by atoms with Crippen LogP contribution in [0.5, 0.6) is 5.75 Å². The van der Waals surface area contributed by atoms with Gasteiger partial charge in [-0.3, -0.25) is 4.79 Å². The second-order valence-electron chi connectivity index (χ2n) is 4.46. The van der Waals surface area contributed by atoms with Crippen LogP contribution >= 0.6 is 0 Å². The fourth-order valence-corrected chi connectivity index (χ4v) is 1.93. The first kappa shape index (κ1) is 12.3. The number of rotatable bonds is 4. The van der Waals surface area contributed by atoms with Crippen LogP contribution in [0.4, 0.5) is 0 Å². The van der Waals surface area contributed by atoms with Crippen molar-refractivity contribution < 1.29 is 9.53 Å². The maximum Gasteiger partial charge on any atom is 0.189 e. The number of benzene rings is 1. The highest BCUT2D eigenvalue weighted by Gasteiger charge is 2.07. The highest BCUT2D eigenvalue weighted by molar-refractivity contribution is 5.77. The summed E-state index contributed by atoms with van der Waals surface area (Å²) in [7, 11) is 0. The number of para-hydroxylation sites is 1. The summed E-state index contributed by atoms with van der Waals surface area (Å²) in [5.41, 5.74) is 2.20. The molecule has 3 aromatic rings. The number of pyridine rings is 1. The minimum atomic E-state index is 0.293. The minimum Gasteiger partial charge on any atom is -0.486 e. The lowest BCUT2D eigenvalue weighted by molar-refractivity contribution is 0.112. The van der Waals surface area contributed by atoms with Gasteiger partial charge in [-0.25, -0.2) is 9.50 Å². The Morgan fingerprint density at radius 3 is 2.85 bits per heavy atom. The molecule has 0 aliphatic heterocycles. The molecule has 0 spiro atoms. The van der Waals surface area contributed by atoms with Gasteiger partial charge in [0.2, 0.25) is 0 Å². The summed E-state index contributed by atoms with van der Waals surface area (Å²) < 4.78 is 7.20. The molecule has 0 unspecified atom stereocenters. The number of carbonyl (C=O) groups excluding carboxylic acids is 1. The Bertz CT molecular complexity index is 750. The van der Waals surface area contributed by atoms with Crippen molar-refractivity contribution in [1.29, 1.82) is 0 Å². The number of hydrogen-bond acceptors (Lipinski definition) is 4. The van der Waals surface area contributed by atoms with E-state index in [0.717, 1.165) is 17.6 Å². The van der Waals surface area contributed by atoms with E-state index in [9.17, 15) is 4.79 Å². The first-order valence-electron chi connectivity index (χ1n) is 6.25. The van der Waals surface area contributed by atoms with Gasteiger partial charge in [-0.15, -0.1) is 5.10 Å². The highest BCUT2D eigenvalue weighted by atomic mass is 16.5. The van der Waals surface area contributed by atoms with Crippen molar-refractivity contribution in [2.75, 3.05) is 0 Å². The van der Waals surface area contributed by atoms with Crippen LogP contribution in [0.2, 0.25) is 0 Å². The summed E-state index contributed by atoms with van der Waals surface area (Å²) in [6.45, 7) is 2.17. The summed E-state index contributed by atoms with van der Waals surface area (Å²) in [5.74, 6) is 1.35. The molecule has 0 aliphatic carbocycles. The number of carbonyl (C=O) groups is 1. The first-order valence-corrected chi connectivity index (χ1v) is 6.25. The van der Waals surface area contributed by atoms with Crippen LogP contribution in [0.1, 0.15) is 21.7 Å². The van der Waals surface area contributed by atoms with E-state index < -0.39 is 0 Å². The van der Waals surface area contributed by atoms with Crippen molar-refractivity contribution in [2.24, 2.45) is 0 Å². The zero-order chi connectivity index (χ0) is 13.9. The Hall–Kier alpha value is -2.69. The van der Waals surface area contributed by atoms with Gasteiger partial charge in [0.25, 0.3) is 0 Å². The van der Waals surface area contributed by atoms with E-state index in [4.69, 9.17) is 4.74 Å². The van der Waals surface area contributed by atoms with Crippen LogP contribution in [0.3, 0.4) is 0 Å². The van der Waals surface area contributed by atoms with Crippen molar-refractivity contribution in [2.45, 2.75) is 13.5 Å². The van der Waals surface area contributed by atoms with E-state index in [1.807, 2.05) is 43.3 Å². The van der Waals surface area contributed by atoms with Crippen LogP contribution in [0.25, 0.3) is 5.65 Å². The third-order valence-electron chi connectivity index (χ3n) is 3.00. The zero-order valence-electron chi connectivity index (χ0n) is 11.0.